The third kappa shape index (κ3) is 4.57. The number of aliphatic hydroxyl groups is 1. The second-order valence-electron chi connectivity index (χ2n) is 7.43. The maximum Gasteiger partial charge on any atom is 0.137 e. The second-order valence-corrected chi connectivity index (χ2v) is 7.43. The van der Waals surface area contributed by atoms with Crippen molar-refractivity contribution in [1.29, 1.82) is 0 Å². The molecule has 4 heteroatoms. The highest BCUT2D eigenvalue weighted by Gasteiger charge is 2.28. The number of aliphatic hydroxyl groups excluding tert-OH is 1. The van der Waals surface area contributed by atoms with Crippen LogP contribution >= 0.6 is 0 Å². The lowest BCUT2D eigenvalue weighted by molar-refractivity contribution is -0.924. The van der Waals surface area contributed by atoms with Crippen LogP contribution in [0.1, 0.15) is 49.8 Å². The first-order valence-corrected chi connectivity index (χ1v) is 9.81. The first-order valence-electron chi connectivity index (χ1n) is 9.81. The summed E-state index contributed by atoms with van der Waals surface area (Å²) in [7, 11) is 0. The molecule has 4 atom stereocenters. The van der Waals surface area contributed by atoms with E-state index < -0.39 is 0 Å². The molecule has 0 aromatic heterocycles. The Labute approximate surface area is 146 Å². The van der Waals surface area contributed by atoms with Crippen molar-refractivity contribution in [3.05, 3.63) is 35.4 Å². The van der Waals surface area contributed by atoms with Gasteiger partial charge in [-0.3, -0.25) is 0 Å². The van der Waals surface area contributed by atoms with Crippen LogP contribution in [0.4, 0.5) is 0 Å². The van der Waals surface area contributed by atoms with Crippen molar-refractivity contribution in [1.82, 2.24) is 0 Å². The highest BCUT2D eigenvalue weighted by atomic mass is 16.5. The van der Waals surface area contributed by atoms with E-state index in [0.29, 0.717) is 6.61 Å². The quantitative estimate of drug-likeness (QED) is 0.630. The molecule has 0 saturated carbocycles. The third-order valence-electron chi connectivity index (χ3n) is 5.78. The first-order chi connectivity index (χ1) is 11.8. The first kappa shape index (κ1) is 17.9. The number of aryl methyl sites for hydroxylation is 1. The normalized spacial score (nSPS) is 27.8. The number of nitrogens with one attached hydrogen (secondary N) is 1. The minimum Gasteiger partial charge on any atom is -0.385 e. The van der Waals surface area contributed by atoms with Crippen molar-refractivity contribution in [3.63, 3.8) is 0 Å². The molecular formula is C20H34N2O2+2. The van der Waals surface area contributed by atoms with Gasteiger partial charge in [-0.05, 0) is 37.3 Å². The Morgan fingerprint density at radius 1 is 1.29 bits per heavy atom. The third-order valence-corrected chi connectivity index (χ3v) is 5.78. The molecule has 1 aliphatic heterocycles. The van der Waals surface area contributed by atoms with Crippen LogP contribution < -0.4 is 10.2 Å². The van der Waals surface area contributed by atoms with Crippen LogP contribution in [0.25, 0.3) is 0 Å². The Balaban J connectivity index is 1.38. The predicted molar refractivity (Wildman–Crippen MR) is 95.1 cm³/mol. The molecule has 134 valence electrons. The molecule has 1 aromatic carbocycles. The highest BCUT2D eigenvalue weighted by molar-refractivity contribution is 5.31. The van der Waals surface area contributed by atoms with Gasteiger partial charge in [0.2, 0.25) is 0 Å². The maximum absolute atomic E-state index is 10.3. The van der Waals surface area contributed by atoms with Gasteiger partial charge in [0, 0.05) is 12.8 Å². The number of hydrogen-bond donors (Lipinski definition) is 3. The number of ether oxygens (including phenoxy) is 1. The minimum absolute atomic E-state index is 0.166. The van der Waals surface area contributed by atoms with E-state index in [0.717, 1.165) is 32.0 Å². The molecule has 1 aliphatic carbocycles. The van der Waals surface area contributed by atoms with E-state index >= 15 is 0 Å². The van der Waals surface area contributed by atoms with Gasteiger partial charge in [-0.1, -0.05) is 24.3 Å². The van der Waals surface area contributed by atoms with Crippen molar-refractivity contribution in [3.8, 4) is 0 Å². The summed E-state index contributed by atoms with van der Waals surface area (Å²) in [4.78, 5) is 1.73. The van der Waals surface area contributed by atoms with Gasteiger partial charge in [0.15, 0.2) is 0 Å². The predicted octanol–water partition coefficient (Wildman–Crippen LogP) is 0.0721. The Bertz CT molecular complexity index is 508. The van der Waals surface area contributed by atoms with Crippen LogP contribution in [0.5, 0.6) is 0 Å². The average molecular weight is 335 g/mol. The van der Waals surface area contributed by atoms with Gasteiger partial charge < -0.3 is 20.1 Å². The van der Waals surface area contributed by atoms with E-state index in [1.54, 1.807) is 4.90 Å². The molecule has 0 bridgehead atoms. The Kier molecular flexibility index (Phi) is 6.67. The van der Waals surface area contributed by atoms with Gasteiger partial charge in [-0.15, -0.1) is 0 Å². The van der Waals surface area contributed by atoms with Crippen LogP contribution in [0, 0.1) is 0 Å². The minimum atomic E-state index is -0.370. The molecule has 0 spiro atoms. The summed E-state index contributed by atoms with van der Waals surface area (Å²) in [5.74, 6) is 0. The summed E-state index contributed by atoms with van der Waals surface area (Å²) in [6, 6.07) is 9.36. The summed E-state index contributed by atoms with van der Waals surface area (Å²) >= 11 is 0. The Morgan fingerprint density at radius 3 is 3.04 bits per heavy atom. The zero-order valence-corrected chi connectivity index (χ0v) is 15.0. The number of hydrogen-bond acceptors (Lipinski definition) is 2. The second kappa shape index (κ2) is 8.95. The van der Waals surface area contributed by atoms with Crippen LogP contribution in [-0.2, 0) is 11.2 Å². The zero-order valence-electron chi connectivity index (χ0n) is 15.0. The van der Waals surface area contributed by atoms with E-state index in [4.69, 9.17) is 4.74 Å². The summed E-state index contributed by atoms with van der Waals surface area (Å²) in [5.41, 5.74) is 2.74. The van der Waals surface area contributed by atoms with Gasteiger partial charge >= 0.3 is 0 Å². The standard InChI is InChI=1S/C20H32N2O2/c1-2-22-12-6-9-17(22)13-21-14-18(23)15-24-20-11-5-8-16-7-3-4-10-19(16)20/h3-4,7,10,17-18,20-21,23H,2,5-6,8-9,11-15H2,1H3/p+2/t17-,18+,20-/m1/s1. The number of benzene rings is 1. The van der Waals surface area contributed by atoms with E-state index in [-0.39, 0.29) is 12.2 Å². The number of fused-ring (bicyclic) bond motifs is 1. The number of likely N-dealkylation sites (tertiary alicyclic amines) is 1. The molecular weight excluding hydrogens is 300 g/mol. The lowest BCUT2D eigenvalue weighted by Gasteiger charge is -2.26. The van der Waals surface area contributed by atoms with Gasteiger partial charge in [-0.25, -0.2) is 0 Å². The van der Waals surface area contributed by atoms with E-state index in [1.165, 1.54) is 43.5 Å². The summed E-state index contributed by atoms with van der Waals surface area (Å²) < 4.78 is 6.06. The summed E-state index contributed by atoms with van der Waals surface area (Å²) in [6.45, 7) is 7.16. The molecule has 3 rings (SSSR count). The Hall–Kier alpha value is -0.940. The molecule has 1 unspecified atom stereocenters. The lowest BCUT2D eigenvalue weighted by atomic mass is 9.89. The molecule has 1 fully saturated rings. The van der Waals surface area contributed by atoms with Crippen molar-refractivity contribution in [2.75, 3.05) is 32.8 Å². The number of likely N-dealkylation sites (N-methyl/N-ethyl adjacent to an activating group) is 1. The van der Waals surface area contributed by atoms with Crippen LogP contribution in [-0.4, -0.2) is 50.0 Å². The van der Waals surface area contributed by atoms with Crippen LogP contribution in [0.3, 0.4) is 0 Å². The summed E-state index contributed by atoms with van der Waals surface area (Å²) in [6.07, 6.45) is 5.90. The monoisotopic (exact) mass is 334 g/mol. The topological polar surface area (TPSA) is 50.5 Å². The average Bonchev–Trinajstić information content (AvgIpc) is 3.07. The van der Waals surface area contributed by atoms with Gasteiger partial charge in [0.05, 0.1) is 25.8 Å². The number of quaternary nitrogens is 2. The highest BCUT2D eigenvalue weighted by Crippen LogP contribution is 2.32. The van der Waals surface area contributed by atoms with Gasteiger partial charge in [0.25, 0.3) is 0 Å². The van der Waals surface area contributed by atoms with E-state index in [9.17, 15) is 5.11 Å². The zero-order chi connectivity index (χ0) is 16.8. The van der Waals surface area contributed by atoms with Gasteiger partial charge in [0.1, 0.15) is 25.2 Å². The Morgan fingerprint density at radius 2 is 2.17 bits per heavy atom. The fourth-order valence-corrected chi connectivity index (χ4v) is 4.40. The molecule has 4 N–H and O–H groups in total. The fourth-order valence-electron chi connectivity index (χ4n) is 4.40. The molecule has 1 heterocycles. The molecule has 4 nitrogen and oxygen atoms in total. The molecule has 24 heavy (non-hydrogen) atoms. The summed E-state index contributed by atoms with van der Waals surface area (Å²) in [5, 5.41) is 12.5. The van der Waals surface area contributed by atoms with Gasteiger partial charge in [-0.2, -0.15) is 0 Å². The van der Waals surface area contributed by atoms with Crippen LogP contribution in [0.15, 0.2) is 24.3 Å². The van der Waals surface area contributed by atoms with Crippen molar-refractivity contribution in [2.24, 2.45) is 0 Å². The molecule has 0 radical (unpaired) electrons. The smallest absolute Gasteiger partial charge is 0.137 e. The molecule has 0 amide bonds. The van der Waals surface area contributed by atoms with E-state index in [1.807, 2.05) is 0 Å². The largest absolute Gasteiger partial charge is 0.385 e. The molecule has 2 aliphatic rings. The molecule has 1 aromatic rings. The number of rotatable bonds is 8. The van der Waals surface area contributed by atoms with Crippen molar-refractivity contribution < 1.29 is 20.1 Å². The van der Waals surface area contributed by atoms with Crippen molar-refractivity contribution in [2.45, 2.75) is 57.3 Å². The van der Waals surface area contributed by atoms with E-state index in [2.05, 4.69) is 36.5 Å². The maximum atomic E-state index is 10.3. The fraction of sp³-hybridized carbons (Fsp3) is 0.700. The lowest BCUT2D eigenvalue weighted by Crippen LogP contribution is -3.16. The number of nitrogens with two attached hydrogens (primary N) is 1. The van der Waals surface area contributed by atoms with Crippen LogP contribution in [0.2, 0.25) is 0 Å². The molecule has 1 saturated heterocycles. The van der Waals surface area contributed by atoms with Crippen molar-refractivity contribution >= 4 is 0 Å². The SMILES string of the molecule is CC[NH+]1CCC[C@@H]1C[NH2+]C[C@H](O)CO[C@@H]1CCCc2ccccc21.